The van der Waals surface area contributed by atoms with Gasteiger partial charge in [-0.2, -0.15) is 0 Å². The molecule has 1 aromatic heterocycles. The van der Waals surface area contributed by atoms with Crippen LogP contribution in [0.25, 0.3) is 0 Å². The van der Waals surface area contributed by atoms with Crippen LogP contribution in [0.1, 0.15) is 5.56 Å². The third kappa shape index (κ3) is 4.58. The van der Waals surface area contributed by atoms with Crippen molar-refractivity contribution in [2.45, 2.75) is 6.54 Å². The summed E-state index contributed by atoms with van der Waals surface area (Å²) in [6.45, 7) is 0.484. The van der Waals surface area contributed by atoms with Gasteiger partial charge in [0.25, 0.3) is 0 Å². The van der Waals surface area contributed by atoms with Crippen LogP contribution in [0.4, 0.5) is 0 Å². The van der Waals surface area contributed by atoms with E-state index in [1.807, 2.05) is 6.07 Å². The molecule has 1 aromatic rings. The maximum absolute atomic E-state index is 10.3. The van der Waals surface area contributed by atoms with Crippen LogP contribution in [-0.4, -0.2) is 33.4 Å². The zero-order chi connectivity index (χ0) is 12.8. The van der Waals surface area contributed by atoms with Gasteiger partial charge in [-0.3, -0.25) is 0 Å². The fraction of sp³-hybridized carbons (Fsp3) is 0.333. The van der Waals surface area contributed by atoms with Crippen molar-refractivity contribution in [3.8, 4) is 0 Å². The van der Waals surface area contributed by atoms with E-state index in [9.17, 15) is 10.1 Å². The lowest BCUT2D eigenvalue weighted by atomic mass is 10.3. The zero-order valence-electron chi connectivity index (χ0n) is 9.33. The van der Waals surface area contributed by atoms with Gasteiger partial charge in [0.15, 0.2) is 5.03 Å². The highest BCUT2D eigenvalue weighted by Gasteiger charge is 2.10. The van der Waals surface area contributed by atoms with E-state index in [-0.39, 0.29) is 0 Å². The second-order valence-corrected chi connectivity index (χ2v) is 4.33. The molecule has 0 atom stereocenters. The fourth-order valence-electron chi connectivity index (χ4n) is 1.18. The predicted molar refractivity (Wildman–Crippen MR) is 68.7 cm³/mol. The Labute approximate surface area is 108 Å². The van der Waals surface area contributed by atoms with Crippen LogP contribution < -0.4 is 0 Å². The van der Waals surface area contributed by atoms with Gasteiger partial charge in [-0.1, -0.05) is 29.4 Å². The fourth-order valence-corrected chi connectivity index (χ4v) is 1.82. The van der Waals surface area contributed by atoms with Crippen molar-refractivity contribution in [2.24, 2.45) is 5.10 Å². The topological polar surface area (TPSA) is 71.6 Å². The Hall–Kier alpha value is -1.34. The zero-order valence-corrected chi connectivity index (χ0v) is 10.9. The van der Waals surface area contributed by atoms with Crippen molar-refractivity contribution >= 4 is 28.5 Å². The lowest BCUT2D eigenvalue weighted by Crippen LogP contribution is -2.24. The molecule has 0 N–H and O–H groups in total. The van der Waals surface area contributed by atoms with E-state index in [1.165, 1.54) is 11.8 Å². The van der Waals surface area contributed by atoms with Gasteiger partial charge in [0.05, 0.1) is 5.10 Å². The van der Waals surface area contributed by atoms with Crippen molar-refractivity contribution < 1.29 is 5.03 Å². The maximum atomic E-state index is 10.3. The summed E-state index contributed by atoms with van der Waals surface area (Å²) in [5, 5.41) is 13.7. The average molecular weight is 275 g/mol. The first-order chi connectivity index (χ1) is 8.02. The number of thioether (sulfide) groups is 1. The minimum absolute atomic E-state index is 0.338. The molecule has 0 unspecified atom stereocenters. The monoisotopic (exact) mass is 274 g/mol. The van der Waals surface area contributed by atoms with Crippen molar-refractivity contribution in [1.82, 2.24) is 9.88 Å². The van der Waals surface area contributed by atoms with E-state index < -0.39 is 5.03 Å². The minimum Gasteiger partial charge on any atom is -0.345 e. The number of hydrogen-bond donors (Lipinski definition) is 0. The van der Waals surface area contributed by atoms with Gasteiger partial charge in [0.1, 0.15) is 5.15 Å². The molecule has 17 heavy (non-hydrogen) atoms. The van der Waals surface area contributed by atoms with Crippen LogP contribution in [0.3, 0.4) is 0 Å². The Bertz CT molecular complexity index is 424. The number of hydrogen-bond acceptors (Lipinski definition) is 4. The Morgan fingerprint density at radius 2 is 2.41 bits per heavy atom. The molecule has 8 heteroatoms. The second-order valence-electron chi connectivity index (χ2n) is 3.17. The van der Waals surface area contributed by atoms with Crippen molar-refractivity contribution in [1.29, 1.82) is 0 Å². The van der Waals surface area contributed by atoms with E-state index in [2.05, 4.69) is 10.1 Å². The molecule has 0 amide bonds. The number of rotatable bonds is 3. The summed E-state index contributed by atoms with van der Waals surface area (Å²) in [4.78, 5) is 15.9. The third-order valence-corrected chi connectivity index (χ3v) is 2.87. The number of nitro groups is 1. The lowest BCUT2D eigenvalue weighted by Gasteiger charge is -2.16. The molecule has 0 aliphatic rings. The van der Waals surface area contributed by atoms with E-state index in [4.69, 9.17) is 11.6 Å². The van der Waals surface area contributed by atoms with Gasteiger partial charge < -0.3 is 4.90 Å². The van der Waals surface area contributed by atoms with Gasteiger partial charge in [-0.05, 0) is 17.9 Å². The SMILES string of the molecule is CS/C(=N\[N+](=O)[O-])N(C)Cc1ccc(Cl)nc1. The second kappa shape index (κ2) is 6.41. The van der Waals surface area contributed by atoms with Crippen molar-refractivity contribution in [3.05, 3.63) is 39.2 Å². The summed E-state index contributed by atoms with van der Waals surface area (Å²) in [6, 6.07) is 3.49. The Morgan fingerprint density at radius 3 is 2.88 bits per heavy atom. The van der Waals surface area contributed by atoms with Crippen LogP contribution in [0.5, 0.6) is 0 Å². The van der Waals surface area contributed by atoms with E-state index in [1.54, 1.807) is 30.5 Å². The van der Waals surface area contributed by atoms with Crippen LogP contribution >= 0.6 is 23.4 Å². The number of halogens is 1. The summed E-state index contributed by atoms with van der Waals surface area (Å²) in [5.41, 5.74) is 0.905. The molecular weight excluding hydrogens is 264 g/mol. The van der Waals surface area contributed by atoms with Crippen LogP contribution in [-0.2, 0) is 6.54 Å². The minimum atomic E-state index is -0.706. The summed E-state index contributed by atoms with van der Waals surface area (Å²) < 4.78 is 0. The van der Waals surface area contributed by atoms with Gasteiger partial charge in [-0.15, -0.1) is 0 Å². The first-order valence-electron chi connectivity index (χ1n) is 4.61. The first kappa shape index (κ1) is 13.7. The number of nitrogens with zero attached hydrogens (tertiary/aromatic N) is 4. The maximum Gasteiger partial charge on any atom is 0.237 e. The molecular formula is C9H11ClN4O2S. The highest BCUT2D eigenvalue weighted by atomic mass is 35.5. The smallest absolute Gasteiger partial charge is 0.237 e. The van der Waals surface area contributed by atoms with Gasteiger partial charge in [-0.25, -0.2) is 15.1 Å². The summed E-state index contributed by atoms with van der Waals surface area (Å²) in [6.07, 6.45) is 3.36. The van der Waals surface area contributed by atoms with Crippen LogP contribution in [0.2, 0.25) is 5.15 Å². The molecule has 0 bridgehead atoms. The Kier molecular flexibility index (Phi) is 5.17. The molecule has 0 saturated heterocycles. The molecule has 0 saturated carbocycles. The number of hydrazone groups is 1. The highest BCUT2D eigenvalue weighted by Crippen LogP contribution is 2.10. The van der Waals surface area contributed by atoms with Crippen LogP contribution in [0, 0.1) is 10.1 Å². The number of aromatic nitrogens is 1. The normalized spacial score (nSPS) is 11.4. The summed E-state index contributed by atoms with van der Waals surface area (Å²) in [5.74, 6) is 0. The van der Waals surface area contributed by atoms with Crippen molar-refractivity contribution in [3.63, 3.8) is 0 Å². The van der Waals surface area contributed by atoms with Crippen molar-refractivity contribution in [2.75, 3.05) is 13.3 Å². The summed E-state index contributed by atoms with van der Waals surface area (Å²) >= 11 is 6.88. The molecule has 0 spiro atoms. The molecule has 0 radical (unpaired) electrons. The average Bonchev–Trinajstić information content (AvgIpc) is 2.28. The lowest BCUT2D eigenvalue weighted by molar-refractivity contribution is -0.485. The number of pyridine rings is 1. The molecule has 1 rings (SSSR count). The summed E-state index contributed by atoms with van der Waals surface area (Å²) in [7, 11) is 1.73. The predicted octanol–water partition coefficient (Wildman–Crippen LogP) is 2.08. The molecule has 1 heterocycles. The third-order valence-electron chi connectivity index (χ3n) is 1.88. The Balaban J connectivity index is 2.73. The number of amidine groups is 1. The van der Waals surface area contributed by atoms with Gasteiger partial charge >= 0.3 is 0 Å². The van der Waals surface area contributed by atoms with E-state index >= 15 is 0 Å². The quantitative estimate of drug-likeness (QED) is 0.277. The van der Waals surface area contributed by atoms with E-state index in [0.717, 1.165) is 5.56 Å². The van der Waals surface area contributed by atoms with Gasteiger partial charge in [0.2, 0.25) is 5.17 Å². The van der Waals surface area contributed by atoms with Crippen LogP contribution in [0.15, 0.2) is 23.4 Å². The molecule has 0 aliphatic heterocycles. The molecule has 0 fully saturated rings. The Morgan fingerprint density at radius 1 is 1.71 bits per heavy atom. The largest absolute Gasteiger partial charge is 0.345 e. The standard InChI is InChI=1S/C9H11ClN4O2S/c1-13(9(17-2)12-14(15)16)6-7-3-4-8(10)11-5-7/h3-5H,6H2,1-2H3/b12-9-. The first-order valence-corrected chi connectivity index (χ1v) is 6.21. The molecule has 0 aliphatic carbocycles. The molecule has 92 valence electrons. The highest BCUT2D eigenvalue weighted by molar-refractivity contribution is 8.13. The van der Waals surface area contributed by atoms with Gasteiger partial charge in [0, 0.05) is 19.8 Å². The van der Waals surface area contributed by atoms with E-state index in [0.29, 0.717) is 16.9 Å². The molecule has 0 aromatic carbocycles. The molecule has 6 nitrogen and oxygen atoms in total.